The lowest BCUT2D eigenvalue weighted by Gasteiger charge is -2.26. The molecule has 2 aromatic rings. The van der Waals surface area contributed by atoms with Gasteiger partial charge in [-0.2, -0.15) is 4.98 Å². The molecule has 3 rings (SSSR count). The van der Waals surface area contributed by atoms with Crippen LogP contribution in [0.1, 0.15) is 47.4 Å². The highest BCUT2D eigenvalue weighted by molar-refractivity contribution is 5.91. The molecule has 0 amide bonds. The monoisotopic (exact) mass is 313 g/mol. The van der Waals surface area contributed by atoms with Crippen molar-refractivity contribution in [3.63, 3.8) is 0 Å². The molecule has 0 saturated carbocycles. The predicted octanol–water partition coefficient (Wildman–Crippen LogP) is 2.12. The molecule has 0 fully saturated rings. The summed E-state index contributed by atoms with van der Waals surface area (Å²) in [7, 11) is 0. The van der Waals surface area contributed by atoms with Crippen LogP contribution in [0.5, 0.6) is 0 Å². The number of hydrogen-bond donors (Lipinski definition) is 2. The summed E-state index contributed by atoms with van der Waals surface area (Å²) in [6.45, 7) is 1.96. The minimum Gasteiger partial charge on any atom is -0.461 e. The molecule has 1 heterocycles. The Morgan fingerprint density at radius 1 is 1.39 bits per heavy atom. The molecule has 7 heteroatoms. The number of nitrogens with two attached hydrogens (primary N) is 1. The first-order valence-corrected chi connectivity index (χ1v) is 7.70. The zero-order chi connectivity index (χ0) is 16.2. The van der Waals surface area contributed by atoms with E-state index in [1.54, 1.807) is 6.92 Å². The third-order valence-electron chi connectivity index (χ3n) is 3.86. The molecule has 0 bridgehead atoms. The lowest BCUT2D eigenvalue weighted by molar-refractivity contribution is 0.0519. The molecule has 1 atom stereocenters. The Bertz CT molecular complexity index is 719. The van der Waals surface area contributed by atoms with Gasteiger partial charge < -0.3 is 15.8 Å². The van der Waals surface area contributed by atoms with E-state index in [0.717, 1.165) is 19.3 Å². The summed E-state index contributed by atoms with van der Waals surface area (Å²) in [6, 6.07) is 8.44. The van der Waals surface area contributed by atoms with E-state index in [1.165, 1.54) is 11.1 Å². The molecule has 1 aromatic carbocycles. The Balaban J connectivity index is 1.79. The van der Waals surface area contributed by atoms with Crippen LogP contribution >= 0.6 is 0 Å². The van der Waals surface area contributed by atoms with E-state index in [4.69, 9.17) is 10.5 Å². The largest absolute Gasteiger partial charge is 0.461 e. The van der Waals surface area contributed by atoms with Crippen LogP contribution in [-0.4, -0.2) is 27.8 Å². The molecule has 0 radical (unpaired) electrons. The summed E-state index contributed by atoms with van der Waals surface area (Å²) in [5, 5.41) is 11.1. The van der Waals surface area contributed by atoms with Gasteiger partial charge in [-0.05, 0) is 37.3 Å². The van der Waals surface area contributed by atoms with Gasteiger partial charge in [-0.3, -0.25) is 0 Å². The fraction of sp³-hybridized carbons (Fsp3) is 0.375. The average molecular weight is 313 g/mol. The van der Waals surface area contributed by atoms with E-state index >= 15 is 0 Å². The Labute approximate surface area is 134 Å². The summed E-state index contributed by atoms with van der Waals surface area (Å²) in [5.41, 5.74) is 8.32. The molecule has 7 nitrogen and oxygen atoms in total. The van der Waals surface area contributed by atoms with Gasteiger partial charge in [-0.15, -0.1) is 10.2 Å². The normalized spacial score (nSPS) is 16.5. The fourth-order valence-corrected chi connectivity index (χ4v) is 2.80. The number of esters is 1. The molecule has 0 aliphatic heterocycles. The summed E-state index contributed by atoms with van der Waals surface area (Å²) >= 11 is 0. The Kier molecular flexibility index (Phi) is 4.36. The number of anilines is 2. The van der Waals surface area contributed by atoms with Crippen molar-refractivity contribution in [2.75, 3.05) is 17.7 Å². The standard InChI is InChI=1S/C16H19N5O2/c1-2-23-15(22)13-14(17)19-16(21-20-13)18-12-9-5-7-10-6-3-4-8-11(10)12/h3-4,6,8,12H,2,5,7,9H2,1H3,(H3,17,18,19,21)/t12-/m1/s1. The lowest BCUT2D eigenvalue weighted by Crippen LogP contribution is -2.20. The second kappa shape index (κ2) is 6.60. The molecular weight excluding hydrogens is 294 g/mol. The van der Waals surface area contributed by atoms with Crippen molar-refractivity contribution < 1.29 is 9.53 Å². The minimum atomic E-state index is -0.612. The molecular formula is C16H19N5O2. The number of nitrogens with zero attached hydrogens (tertiary/aromatic N) is 3. The summed E-state index contributed by atoms with van der Waals surface area (Å²) in [5.74, 6) is -0.276. The average Bonchev–Trinajstić information content (AvgIpc) is 2.55. The van der Waals surface area contributed by atoms with Crippen molar-refractivity contribution in [3.8, 4) is 0 Å². The van der Waals surface area contributed by atoms with E-state index in [1.807, 2.05) is 12.1 Å². The van der Waals surface area contributed by atoms with Crippen molar-refractivity contribution in [2.24, 2.45) is 0 Å². The van der Waals surface area contributed by atoms with Gasteiger partial charge in [0.1, 0.15) is 0 Å². The number of hydrogen-bond acceptors (Lipinski definition) is 7. The maximum atomic E-state index is 11.7. The van der Waals surface area contributed by atoms with Crippen LogP contribution in [0.25, 0.3) is 0 Å². The minimum absolute atomic E-state index is 0.0186. The number of ether oxygens (including phenoxy) is 1. The zero-order valence-electron chi connectivity index (χ0n) is 13.0. The van der Waals surface area contributed by atoms with Crippen LogP contribution in [0, 0.1) is 0 Å². The van der Waals surface area contributed by atoms with Crippen molar-refractivity contribution >= 4 is 17.7 Å². The quantitative estimate of drug-likeness (QED) is 0.833. The van der Waals surface area contributed by atoms with Gasteiger partial charge in [0, 0.05) is 0 Å². The number of carbonyl (C=O) groups is 1. The van der Waals surface area contributed by atoms with Gasteiger partial charge in [0.05, 0.1) is 12.6 Å². The first-order chi connectivity index (χ1) is 11.2. The number of fused-ring (bicyclic) bond motifs is 1. The number of rotatable bonds is 4. The molecule has 3 N–H and O–H groups in total. The number of aryl methyl sites for hydroxylation is 1. The number of benzene rings is 1. The Morgan fingerprint density at radius 2 is 2.22 bits per heavy atom. The van der Waals surface area contributed by atoms with Crippen LogP contribution in [0.2, 0.25) is 0 Å². The molecule has 120 valence electrons. The van der Waals surface area contributed by atoms with Crippen molar-refractivity contribution in [1.82, 2.24) is 15.2 Å². The highest BCUT2D eigenvalue weighted by Gasteiger charge is 2.22. The molecule has 0 saturated heterocycles. The van der Waals surface area contributed by atoms with Crippen molar-refractivity contribution in [2.45, 2.75) is 32.2 Å². The lowest BCUT2D eigenvalue weighted by atomic mass is 9.88. The number of nitrogen functional groups attached to an aromatic ring is 1. The van der Waals surface area contributed by atoms with Crippen LogP contribution in [0.3, 0.4) is 0 Å². The highest BCUT2D eigenvalue weighted by Crippen LogP contribution is 2.31. The Morgan fingerprint density at radius 3 is 3.00 bits per heavy atom. The zero-order valence-corrected chi connectivity index (χ0v) is 13.0. The highest BCUT2D eigenvalue weighted by atomic mass is 16.5. The van der Waals surface area contributed by atoms with Crippen LogP contribution in [0.15, 0.2) is 24.3 Å². The molecule has 0 spiro atoms. The first-order valence-electron chi connectivity index (χ1n) is 7.70. The maximum Gasteiger partial charge on any atom is 0.362 e. The first kappa shape index (κ1) is 15.2. The van der Waals surface area contributed by atoms with Gasteiger partial charge >= 0.3 is 5.97 Å². The summed E-state index contributed by atoms with van der Waals surface area (Å²) in [6.07, 6.45) is 3.16. The van der Waals surface area contributed by atoms with E-state index < -0.39 is 5.97 Å². The second-order valence-corrected chi connectivity index (χ2v) is 5.38. The smallest absolute Gasteiger partial charge is 0.362 e. The van der Waals surface area contributed by atoms with E-state index in [2.05, 4.69) is 32.6 Å². The van der Waals surface area contributed by atoms with Crippen LogP contribution in [-0.2, 0) is 11.2 Å². The van der Waals surface area contributed by atoms with E-state index in [0.29, 0.717) is 5.95 Å². The fourth-order valence-electron chi connectivity index (χ4n) is 2.80. The van der Waals surface area contributed by atoms with Crippen LogP contribution in [0.4, 0.5) is 11.8 Å². The van der Waals surface area contributed by atoms with Gasteiger partial charge in [-0.25, -0.2) is 4.79 Å². The third kappa shape index (κ3) is 3.23. The number of nitrogens with one attached hydrogen (secondary N) is 1. The maximum absolute atomic E-state index is 11.7. The number of aromatic nitrogens is 3. The molecule has 1 aliphatic rings. The van der Waals surface area contributed by atoms with Crippen molar-refractivity contribution in [1.29, 1.82) is 0 Å². The summed E-state index contributed by atoms with van der Waals surface area (Å²) < 4.78 is 4.86. The second-order valence-electron chi connectivity index (χ2n) is 5.38. The molecule has 1 aromatic heterocycles. The van der Waals surface area contributed by atoms with Gasteiger partial charge in [0.15, 0.2) is 5.82 Å². The van der Waals surface area contributed by atoms with Crippen LogP contribution < -0.4 is 11.1 Å². The van der Waals surface area contributed by atoms with E-state index in [-0.39, 0.29) is 24.2 Å². The Hall–Kier alpha value is -2.70. The van der Waals surface area contributed by atoms with Gasteiger partial charge in [0.2, 0.25) is 11.6 Å². The van der Waals surface area contributed by atoms with Gasteiger partial charge in [0.25, 0.3) is 0 Å². The SMILES string of the molecule is CCOC(=O)c1nnc(N[C@@H]2CCCc3ccccc32)nc1N. The predicted molar refractivity (Wildman–Crippen MR) is 85.9 cm³/mol. The molecule has 23 heavy (non-hydrogen) atoms. The summed E-state index contributed by atoms with van der Waals surface area (Å²) in [4.78, 5) is 15.8. The van der Waals surface area contributed by atoms with Gasteiger partial charge in [-0.1, -0.05) is 24.3 Å². The third-order valence-corrected chi connectivity index (χ3v) is 3.86. The topological polar surface area (TPSA) is 103 Å². The molecule has 1 aliphatic carbocycles. The van der Waals surface area contributed by atoms with E-state index in [9.17, 15) is 4.79 Å². The molecule has 0 unspecified atom stereocenters. The van der Waals surface area contributed by atoms with Crippen molar-refractivity contribution in [3.05, 3.63) is 41.1 Å². The number of carbonyl (C=O) groups excluding carboxylic acids is 1.